The molecular formula is C13H20N2O3S. The predicted molar refractivity (Wildman–Crippen MR) is 74.8 cm³/mol. The van der Waals surface area contributed by atoms with E-state index in [0.29, 0.717) is 28.7 Å². The summed E-state index contributed by atoms with van der Waals surface area (Å²) in [6.07, 6.45) is 0.206. The molecule has 1 rings (SSSR count). The highest BCUT2D eigenvalue weighted by molar-refractivity contribution is 7.99. The van der Waals surface area contributed by atoms with Crippen molar-refractivity contribution in [2.24, 2.45) is 0 Å². The van der Waals surface area contributed by atoms with Crippen LogP contribution in [0.5, 0.6) is 0 Å². The first-order chi connectivity index (χ1) is 8.82. The summed E-state index contributed by atoms with van der Waals surface area (Å²) in [5, 5.41) is 19.0. The van der Waals surface area contributed by atoms with E-state index >= 15 is 0 Å². The monoisotopic (exact) mass is 284 g/mol. The first-order valence-electron chi connectivity index (χ1n) is 6.25. The molecule has 0 aliphatic carbocycles. The first-order valence-corrected chi connectivity index (χ1v) is 7.24. The van der Waals surface area contributed by atoms with Gasteiger partial charge in [-0.2, -0.15) is 0 Å². The van der Waals surface area contributed by atoms with E-state index in [2.05, 4.69) is 9.97 Å². The van der Waals surface area contributed by atoms with Crippen molar-refractivity contribution in [3.05, 3.63) is 17.1 Å². The Bertz CT molecular complexity index is 461. The number of carboxylic acids is 1. The van der Waals surface area contributed by atoms with Crippen molar-refractivity contribution in [3.63, 3.8) is 0 Å². The van der Waals surface area contributed by atoms with E-state index in [4.69, 9.17) is 0 Å². The molecule has 0 bridgehead atoms. The van der Waals surface area contributed by atoms with Crippen molar-refractivity contribution in [1.82, 2.24) is 9.97 Å². The van der Waals surface area contributed by atoms with Crippen molar-refractivity contribution in [3.8, 4) is 0 Å². The Morgan fingerprint density at radius 1 is 1.32 bits per heavy atom. The van der Waals surface area contributed by atoms with Gasteiger partial charge in [-0.05, 0) is 20.3 Å². The fraction of sp³-hybridized carbons (Fsp3) is 0.615. The van der Waals surface area contributed by atoms with Gasteiger partial charge >= 0.3 is 5.97 Å². The van der Waals surface area contributed by atoms with Crippen LogP contribution in [0.25, 0.3) is 0 Å². The lowest BCUT2D eigenvalue weighted by Gasteiger charge is -2.12. The molecule has 1 atom stereocenters. The van der Waals surface area contributed by atoms with E-state index in [1.165, 1.54) is 11.8 Å². The molecule has 1 unspecified atom stereocenters. The quantitative estimate of drug-likeness (QED) is 0.617. The number of rotatable bonds is 6. The molecule has 0 aliphatic rings. The van der Waals surface area contributed by atoms with Crippen molar-refractivity contribution >= 4 is 17.7 Å². The third kappa shape index (κ3) is 4.47. The summed E-state index contributed by atoms with van der Waals surface area (Å²) in [7, 11) is 0. The van der Waals surface area contributed by atoms with Crippen LogP contribution in [-0.2, 0) is 0 Å². The molecule has 0 aliphatic heterocycles. The number of aliphatic hydroxyl groups is 1. The van der Waals surface area contributed by atoms with E-state index in [1.54, 1.807) is 13.8 Å². The Kier molecular flexibility index (Phi) is 5.75. The number of carboxylic acid groups (broad SMARTS) is 1. The number of aryl methyl sites for hydroxylation is 1. The van der Waals surface area contributed by atoms with Gasteiger partial charge in [-0.1, -0.05) is 13.8 Å². The Morgan fingerprint density at radius 3 is 2.42 bits per heavy atom. The summed E-state index contributed by atoms with van der Waals surface area (Å²) in [5.74, 6) is 0.429. The summed E-state index contributed by atoms with van der Waals surface area (Å²) < 4.78 is 0. The molecule has 0 fully saturated rings. The average molecular weight is 284 g/mol. The maximum atomic E-state index is 11.3. The van der Waals surface area contributed by atoms with Crippen molar-refractivity contribution in [2.45, 2.75) is 51.2 Å². The topological polar surface area (TPSA) is 83.3 Å². The number of aliphatic hydroxyl groups excluding tert-OH is 1. The van der Waals surface area contributed by atoms with Crippen LogP contribution in [0.2, 0.25) is 0 Å². The Labute approximate surface area is 117 Å². The molecule has 19 heavy (non-hydrogen) atoms. The van der Waals surface area contributed by atoms with E-state index in [-0.39, 0.29) is 11.5 Å². The minimum Gasteiger partial charge on any atom is -0.478 e. The van der Waals surface area contributed by atoms with Gasteiger partial charge in [0.15, 0.2) is 0 Å². The molecule has 106 valence electrons. The predicted octanol–water partition coefficient (Wildman–Crippen LogP) is 2.47. The Hall–Kier alpha value is -1.14. The van der Waals surface area contributed by atoms with Crippen molar-refractivity contribution in [1.29, 1.82) is 0 Å². The van der Waals surface area contributed by atoms with Crippen LogP contribution in [0.3, 0.4) is 0 Å². The van der Waals surface area contributed by atoms with Crippen LogP contribution in [0.4, 0.5) is 0 Å². The fourth-order valence-corrected chi connectivity index (χ4v) is 2.69. The zero-order chi connectivity index (χ0) is 14.6. The van der Waals surface area contributed by atoms with Crippen LogP contribution in [-0.4, -0.2) is 38.0 Å². The summed E-state index contributed by atoms with van der Waals surface area (Å²) in [6.45, 7) is 7.35. The number of nitrogens with zero attached hydrogens (tertiary/aromatic N) is 2. The lowest BCUT2D eigenvalue weighted by atomic mass is 10.2. The second-order valence-electron chi connectivity index (χ2n) is 4.79. The smallest absolute Gasteiger partial charge is 0.340 e. The molecule has 0 saturated carbocycles. The third-order valence-corrected chi connectivity index (χ3v) is 3.59. The molecule has 0 radical (unpaired) electrons. The van der Waals surface area contributed by atoms with Crippen LogP contribution in [0.15, 0.2) is 5.03 Å². The molecule has 0 aromatic carbocycles. The van der Waals surface area contributed by atoms with Gasteiger partial charge < -0.3 is 10.2 Å². The van der Waals surface area contributed by atoms with Crippen LogP contribution < -0.4 is 0 Å². The molecule has 0 amide bonds. The Morgan fingerprint density at radius 2 is 1.95 bits per heavy atom. The Balaban J connectivity index is 3.06. The van der Waals surface area contributed by atoms with Crippen molar-refractivity contribution < 1.29 is 15.0 Å². The number of aromatic nitrogens is 2. The largest absolute Gasteiger partial charge is 0.478 e. The highest BCUT2D eigenvalue weighted by Crippen LogP contribution is 2.25. The van der Waals surface area contributed by atoms with Crippen LogP contribution in [0.1, 0.15) is 55.0 Å². The lowest BCUT2D eigenvalue weighted by Crippen LogP contribution is -2.11. The second kappa shape index (κ2) is 6.86. The van der Waals surface area contributed by atoms with Gasteiger partial charge in [0.2, 0.25) is 0 Å². The van der Waals surface area contributed by atoms with Crippen LogP contribution >= 0.6 is 11.8 Å². The summed E-state index contributed by atoms with van der Waals surface area (Å²) >= 11 is 1.36. The van der Waals surface area contributed by atoms with E-state index < -0.39 is 12.1 Å². The second-order valence-corrected chi connectivity index (χ2v) is 5.88. The fourth-order valence-electron chi connectivity index (χ4n) is 1.50. The summed E-state index contributed by atoms with van der Waals surface area (Å²) in [4.78, 5) is 19.9. The molecule has 1 aromatic heterocycles. The molecular weight excluding hydrogens is 264 g/mol. The lowest BCUT2D eigenvalue weighted by molar-refractivity contribution is 0.0690. The average Bonchev–Trinajstić information content (AvgIpc) is 2.26. The summed E-state index contributed by atoms with van der Waals surface area (Å²) in [6, 6.07) is 0. The molecule has 2 N–H and O–H groups in total. The van der Waals surface area contributed by atoms with Gasteiger partial charge in [-0.25, -0.2) is 14.8 Å². The highest BCUT2D eigenvalue weighted by atomic mass is 32.2. The van der Waals surface area contributed by atoms with Gasteiger partial charge in [0.1, 0.15) is 16.4 Å². The normalized spacial score (nSPS) is 12.7. The SMILES string of the molecule is Cc1nc(C(C)C)nc(SCCC(C)O)c1C(=O)O. The number of hydrogen-bond donors (Lipinski definition) is 2. The van der Waals surface area contributed by atoms with Gasteiger partial charge in [0.05, 0.1) is 11.8 Å². The summed E-state index contributed by atoms with van der Waals surface area (Å²) in [5.41, 5.74) is 0.658. The molecule has 5 nitrogen and oxygen atoms in total. The standard InChI is InChI=1S/C13H20N2O3S/c1-7(2)11-14-9(4)10(13(17)18)12(15-11)19-6-5-8(3)16/h7-8,16H,5-6H2,1-4H3,(H,17,18). The van der Waals surface area contributed by atoms with Crippen molar-refractivity contribution in [2.75, 3.05) is 5.75 Å². The van der Waals surface area contributed by atoms with Crippen LogP contribution in [0, 0.1) is 6.92 Å². The number of aromatic carboxylic acids is 1. The highest BCUT2D eigenvalue weighted by Gasteiger charge is 2.19. The minimum atomic E-state index is -1.01. The minimum absolute atomic E-state index is 0.151. The van der Waals surface area contributed by atoms with Gasteiger partial charge in [-0.3, -0.25) is 0 Å². The molecule has 0 spiro atoms. The zero-order valence-electron chi connectivity index (χ0n) is 11.7. The zero-order valence-corrected chi connectivity index (χ0v) is 12.5. The maximum Gasteiger partial charge on any atom is 0.340 e. The first kappa shape index (κ1) is 15.9. The number of carbonyl (C=O) groups is 1. The van der Waals surface area contributed by atoms with E-state index in [9.17, 15) is 15.0 Å². The molecule has 1 heterocycles. The maximum absolute atomic E-state index is 11.3. The molecule has 1 aromatic rings. The molecule has 6 heteroatoms. The third-order valence-electron chi connectivity index (χ3n) is 2.58. The number of thioether (sulfide) groups is 1. The molecule has 0 saturated heterocycles. The van der Waals surface area contributed by atoms with E-state index in [1.807, 2.05) is 13.8 Å². The van der Waals surface area contributed by atoms with E-state index in [0.717, 1.165) is 0 Å². The number of hydrogen-bond acceptors (Lipinski definition) is 5. The van der Waals surface area contributed by atoms with Gasteiger partial charge in [0, 0.05) is 11.7 Å². The van der Waals surface area contributed by atoms with Gasteiger partial charge in [0.25, 0.3) is 0 Å². The van der Waals surface area contributed by atoms with Gasteiger partial charge in [-0.15, -0.1) is 11.8 Å².